The Bertz CT molecular complexity index is 818. The number of benzene rings is 2. The first kappa shape index (κ1) is 14.7. The average Bonchev–Trinajstić information content (AvgIpc) is 2.76. The second-order valence-corrected chi connectivity index (χ2v) is 8.20. The van der Waals surface area contributed by atoms with Gasteiger partial charge in [0.05, 0.1) is 9.79 Å². The van der Waals surface area contributed by atoms with Crippen molar-refractivity contribution < 1.29 is 8.42 Å². The predicted octanol–water partition coefficient (Wildman–Crippen LogP) is 2.78. The zero-order valence-corrected chi connectivity index (χ0v) is 13.6. The quantitative estimate of drug-likeness (QED) is 0.890. The normalized spacial score (nSPS) is 23.5. The average molecular weight is 328 g/mol. The van der Waals surface area contributed by atoms with E-state index in [1.165, 1.54) is 0 Å². The molecule has 0 aromatic heterocycles. The Balaban J connectivity index is 1.75. The van der Waals surface area contributed by atoms with Crippen LogP contribution >= 0.6 is 0 Å². The largest absolute Gasteiger partial charge is 0.381 e. The van der Waals surface area contributed by atoms with Crippen LogP contribution in [-0.2, 0) is 9.84 Å². The molecule has 23 heavy (non-hydrogen) atoms. The number of sulfone groups is 1. The van der Waals surface area contributed by atoms with Gasteiger partial charge in [-0.1, -0.05) is 18.2 Å². The van der Waals surface area contributed by atoms with Crippen LogP contribution in [0.4, 0.5) is 5.69 Å². The van der Waals surface area contributed by atoms with E-state index < -0.39 is 9.84 Å². The van der Waals surface area contributed by atoms with Gasteiger partial charge in [0.25, 0.3) is 0 Å². The minimum atomic E-state index is -3.45. The Hall–Kier alpha value is -1.85. The van der Waals surface area contributed by atoms with E-state index >= 15 is 0 Å². The van der Waals surface area contributed by atoms with Crippen LogP contribution in [0.1, 0.15) is 24.3 Å². The highest BCUT2D eigenvalue weighted by Crippen LogP contribution is 2.41. The van der Waals surface area contributed by atoms with Crippen molar-refractivity contribution >= 4 is 15.5 Å². The Morgan fingerprint density at radius 3 is 2.52 bits per heavy atom. The van der Waals surface area contributed by atoms with Gasteiger partial charge in [-0.05, 0) is 61.8 Å². The number of fused-ring (bicyclic) bond motifs is 3. The van der Waals surface area contributed by atoms with Gasteiger partial charge in [-0.3, -0.25) is 0 Å². The van der Waals surface area contributed by atoms with Gasteiger partial charge >= 0.3 is 0 Å². The maximum Gasteiger partial charge on any atom is 0.206 e. The molecule has 0 radical (unpaired) electrons. The third-order valence-electron chi connectivity index (χ3n) is 4.88. The van der Waals surface area contributed by atoms with Crippen LogP contribution in [-0.4, -0.2) is 27.5 Å². The summed E-state index contributed by atoms with van der Waals surface area (Å²) >= 11 is 0. The summed E-state index contributed by atoms with van der Waals surface area (Å²) in [5.41, 5.74) is 2.24. The number of rotatable bonds is 2. The number of hydrogen-bond acceptors (Lipinski definition) is 4. The molecule has 0 bridgehead atoms. The molecule has 2 aromatic carbocycles. The van der Waals surface area contributed by atoms with E-state index in [1.807, 2.05) is 18.2 Å². The Kier molecular flexibility index (Phi) is 3.62. The predicted molar refractivity (Wildman–Crippen MR) is 90.6 cm³/mol. The third-order valence-corrected chi connectivity index (χ3v) is 6.64. The Labute approximate surface area is 136 Å². The lowest BCUT2D eigenvalue weighted by atomic mass is 9.91. The van der Waals surface area contributed by atoms with Gasteiger partial charge < -0.3 is 10.6 Å². The summed E-state index contributed by atoms with van der Waals surface area (Å²) in [4.78, 5) is 0.743. The van der Waals surface area contributed by atoms with Crippen molar-refractivity contribution in [2.75, 3.05) is 18.4 Å². The molecule has 120 valence electrons. The molecule has 1 saturated heterocycles. The van der Waals surface area contributed by atoms with E-state index in [1.54, 1.807) is 30.3 Å². The maximum absolute atomic E-state index is 12.8. The van der Waals surface area contributed by atoms with Crippen molar-refractivity contribution in [3.63, 3.8) is 0 Å². The summed E-state index contributed by atoms with van der Waals surface area (Å²) in [6.45, 7) is 2.00. The maximum atomic E-state index is 12.8. The molecule has 4 nitrogen and oxygen atoms in total. The van der Waals surface area contributed by atoms with Crippen molar-refractivity contribution in [2.45, 2.75) is 34.6 Å². The van der Waals surface area contributed by atoms with Crippen molar-refractivity contribution in [3.8, 4) is 0 Å². The molecule has 2 N–H and O–H groups in total. The summed E-state index contributed by atoms with van der Waals surface area (Å²) in [7, 11) is -3.45. The zero-order chi connectivity index (χ0) is 15.9. The standard InChI is InChI=1S/C18H20N2O2S/c21-23(22,13-4-2-1-3-5-13)14-6-7-17-16(12-14)15-8-10-19-11-9-18(15)20-17/h1-7,12,15,18-20H,8-11H2/t15-,18+/m1/s1. The summed E-state index contributed by atoms with van der Waals surface area (Å²) in [5, 5.41) is 6.98. The zero-order valence-electron chi connectivity index (χ0n) is 12.8. The monoisotopic (exact) mass is 328 g/mol. The molecule has 1 fully saturated rings. The Morgan fingerprint density at radius 1 is 0.913 bits per heavy atom. The van der Waals surface area contributed by atoms with Gasteiger partial charge in [-0.25, -0.2) is 8.42 Å². The molecule has 2 aliphatic heterocycles. The van der Waals surface area contributed by atoms with E-state index in [9.17, 15) is 8.42 Å². The van der Waals surface area contributed by atoms with E-state index in [0.29, 0.717) is 21.8 Å². The first-order valence-electron chi connectivity index (χ1n) is 8.07. The molecule has 0 aliphatic carbocycles. The lowest BCUT2D eigenvalue weighted by Crippen LogP contribution is -2.21. The first-order valence-corrected chi connectivity index (χ1v) is 9.56. The van der Waals surface area contributed by atoms with Crippen molar-refractivity contribution in [3.05, 3.63) is 54.1 Å². The lowest BCUT2D eigenvalue weighted by Gasteiger charge is -2.16. The fraction of sp³-hybridized carbons (Fsp3) is 0.333. The number of anilines is 1. The summed E-state index contributed by atoms with van der Waals surface area (Å²) in [5.74, 6) is 0.394. The molecule has 0 amide bonds. The molecule has 0 saturated carbocycles. The fourth-order valence-electron chi connectivity index (χ4n) is 3.67. The van der Waals surface area contributed by atoms with Crippen molar-refractivity contribution in [1.29, 1.82) is 0 Å². The molecule has 5 heteroatoms. The van der Waals surface area contributed by atoms with E-state index in [2.05, 4.69) is 10.6 Å². The van der Waals surface area contributed by atoms with Crippen LogP contribution in [0.3, 0.4) is 0 Å². The summed E-state index contributed by atoms with van der Waals surface area (Å²) in [6.07, 6.45) is 2.11. The summed E-state index contributed by atoms with van der Waals surface area (Å²) in [6, 6.07) is 14.6. The molecule has 4 rings (SSSR count). The minimum Gasteiger partial charge on any atom is -0.381 e. The van der Waals surface area contributed by atoms with Gasteiger partial charge in [-0.15, -0.1) is 0 Å². The van der Waals surface area contributed by atoms with Gasteiger partial charge in [0.1, 0.15) is 0 Å². The van der Waals surface area contributed by atoms with Gasteiger partial charge in [0, 0.05) is 17.6 Å². The highest BCUT2D eigenvalue weighted by Gasteiger charge is 2.33. The SMILES string of the molecule is O=S(=O)(c1ccccc1)c1ccc2c(c1)[C@H]1CCNCC[C@@H]1N2. The van der Waals surface area contributed by atoms with Crippen LogP contribution in [0.2, 0.25) is 0 Å². The molecule has 0 unspecified atom stereocenters. The fourth-order valence-corrected chi connectivity index (χ4v) is 4.99. The topological polar surface area (TPSA) is 58.2 Å². The van der Waals surface area contributed by atoms with Crippen LogP contribution in [0.5, 0.6) is 0 Å². The van der Waals surface area contributed by atoms with Gasteiger partial charge in [-0.2, -0.15) is 0 Å². The van der Waals surface area contributed by atoms with Gasteiger partial charge in [0.15, 0.2) is 0 Å². The van der Waals surface area contributed by atoms with E-state index in [0.717, 1.165) is 37.2 Å². The second-order valence-electron chi connectivity index (χ2n) is 6.25. The van der Waals surface area contributed by atoms with E-state index in [-0.39, 0.29) is 0 Å². The molecule has 2 atom stereocenters. The second kappa shape index (κ2) is 5.65. The Morgan fingerprint density at radius 2 is 1.70 bits per heavy atom. The highest BCUT2D eigenvalue weighted by atomic mass is 32.2. The minimum absolute atomic E-state index is 0.352. The molecular weight excluding hydrogens is 308 g/mol. The van der Waals surface area contributed by atoms with E-state index in [4.69, 9.17) is 0 Å². The van der Waals surface area contributed by atoms with Crippen molar-refractivity contribution in [1.82, 2.24) is 5.32 Å². The molecule has 2 heterocycles. The smallest absolute Gasteiger partial charge is 0.206 e. The van der Waals surface area contributed by atoms with Crippen molar-refractivity contribution in [2.24, 2.45) is 0 Å². The molecular formula is C18H20N2O2S. The highest BCUT2D eigenvalue weighted by molar-refractivity contribution is 7.91. The lowest BCUT2D eigenvalue weighted by molar-refractivity contribution is 0.576. The van der Waals surface area contributed by atoms with Crippen LogP contribution in [0, 0.1) is 0 Å². The van der Waals surface area contributed by atoms with Crippen LogP contribution in [0.25, 0.3) is 0 Å². The number of nitrogens with one attached hydrogen (secondary N) is 2. The van der Waals surface area contributed by atoms with Crippen LogP contribution < -0.4 is 10.6 Å². The molecule has 2 aromatic rings. The van der Waals surface area contributed by atoms with Crippen LogP contribution in [0.15, 0.2) is 58.3 Å². The summed E-state index contributed by atoms with van der Waals surface area (Å²) < 4.78 is 25.7. The van der Waals surface area contributed by atoms with Gasteiger partial charge in [0.2, 0.25) is 9.84 Å². The first-order chi connectivity index (χ1) is 11.2. The molecule has 0 spiro atoms. The number of hydrogen-bond donors (Lipinski definition) is 2. The third kappa shape index (κ3) is 2.54. The molecule has 2 aliphatic rings.